The molecule has 0 saturated heterocycles. The number of H-pyrrole nitrogens is 2. The standard InChI is InChI=1S/C16H11N7O4/c24-15(19-10-2-3-11-12(6-10)21-16(25)20-11)9-1-4-13(14(5-9)23(26)27)22-8-17-7-18-22/h1-8H,(H,19,24)(H2,20,21,25). The van der Waals surface area contributed by atoms with E-state index in [1.54, 1.807) is 18.2 Å². The molecule has 2 heterocycles. The third-order valence-electron chi connectivity index (χ3n) is 3.87. The fraction of sp³-hybridized carbons (Fsp3) is 0. The number of nitrogens with zero attached hydrogens (tertiary/aromatic N) is 4. The molecule has 0 radical (unpaired) electrons. The molecule has 134 valence electrons. The number of fused-ring (bicyclic) bond motifs is 1. The van der Waals surface area contributed by atoms with Crippen molar-refractivity contribution in [2.24, 2.45) is 0 Å². The number of amides is 1. The quantitative estimate of drug-likeness (QED) is 0.369. The van der Waals surface area contributed by atoms with Gasteiger partial charge >= 0.3 is 5.69 Å². The number of rotatable bonds is 4. The number of hydrogen-bond donors (Lipinski definition) is 3. The largest absolute Gasteiger partial charge is 0.323 e. The predicted molar refractivity (Wildman–Crippen MR) is 94.9 cm³/mol. The topological polar surface area (TPSA) is 152 Å². The zero-order valence-electron chi connectivity index (χ0n) is 13.5. The number of aromatic amines is 2. The maximum absolute atomic E-state index is 12.5. The van der Waals surface area contributed by atoms with Crippen LogP contribution in [0.3, 0.4) is 0 Å². The minimum atomic E-state index is -0.593. The summed E-state index contributed by atoms with van der Waals surface area (Å²) in [6.45, 7) is 0. The Kier molecular flexibility index (Phi) is 3.73. The number of nitro groups is 1. The maximum atomic E-state index is 12.5. The Morgan fingerprint density at radius 2 is 1.96 bits per heavy atom. The highest BCUT2D eigenvalue weighted by molar-refractivity contribution is 6.05. The molecule has 0 spiro atoms. The summed E-state index contributed by atoms with van der Waals surface area (Å²) in [5, 5.41) is 17.9. The Morgan fingerprint density at radius 1 is 1.15 bits per heavy atom. The molecule has 0 fully saturated rings. The van der Waals surface area contributed by atoms with Crippen molar-refractivity contribution < 1.29 is 9.72 Å². The van der Waals surface area contributed by atoms with Crippen molar-refractivity contribution in [3.63, 3.8) is 0 Å². The summed E-state index contributed by atoms with van der Waals surface area (Å²) in [6.07, 6.45) is 2.58. The summed E-state index contributed by atoms with van der Waals surface area (Å²) < 4.78 is 1.25. The number of nitro benzene ring substituents is 1. The molecule has 0 atom stereocenters. The summed E-state index contributed by atoms with van der Waals surface area (Å²) in [4.78, 5) is 43.5. The van der Waals surface area contributed by atoms with Gasteiger partial charge in [-0.15, -0.1) is 0 Å². The van der Waals surface area contributed by atoms with Gasteiger partial charge in [0, 0.05) is 17.3 Å². The Morgan fingerprint density at radius 3 is 2.70 bits per heavy atom. The van der Waals surface area contributed by atoms with Gasteiger partial charge in [-0.2, -0.15) is 5.10 Å². The van der Waals surface area contributed by atoms with Crippen molar-refractivity contribution in [3.05, 3.63) is 75.2 Å². The molecule has 11 heteroatoms. The van der Waals surface area contributed by atoms with Gasteiger partial charge in [-0.25, -0.2) is 14.5 Å². The van der Waals surface area contributed by atoms with Crippen LogP contribution in [0.1, 0.15) is 10.4 Å². The summed E-state index contributed by atoms with van der Waals surface area (Å²) in [7, 11) is 0. The van der Waals surface area contributed by atoms with Crippen LogP contribution in [0, 0.1) is 10.1 Å². The Labute approximate surface area is 149 Å². The summed E-state index contributed by atoms with van der Waals surface area (Å²) in [6, 6.07) is 8.89. The molecule has 1 amide bonds. The molecule has 0 bridgehead atoms. The van der Waals surface area contributed by atoms with Gasteiger partial charge < -0.3 is 15.3 Å². The maximum Gasteiger partial charge on any atom is 0.323 e. The van der Waals surface area contributed by atoms with Crippen molar-refractivity contribution in [3.8, 4) is 5.69 Å². The number of nitrogens with one attached hydrogen (secondary N) is 3. The van der Waals surface area contributed by atoms with E-state index in [1.807, 2.05) is 0 Å². The van der Waals surface area contributed by atoms with Crippen LogP contribution < -0.4 is 11.0 Å². The van der Waals surface area contributed by atoms with E-state index in [1.165, 1.54) is 35.5 Å². The number of hydrogen-bond acceptors (Lipinski definition) is 6. The second kappa shape index (κ2) is 6.22. The molecule has 11 nitrogen and oxygen atoms in total. The van der Waals surface area contributed by atoms with Crippen LogP contribution in [0.15, 0.2) is 53.8 Å². The Bertz CT molecular complexity index is 1220. The Balaban J connectivity index is 1.65. The highest BCUT2D eigenvalue weighted by atomic mass is 16.6. The molecule has 3 N–H and O–H groups in total. The van der Waals surface area contributed by atoms with Crippen LogP contribution >= 0.6 is 0 Å². The lowest BCUT2D eigenvalue weighted by Crippen LogP contribution is -2.13. The van der Waals surface area contributed by atoms with Gasteiger partial charge in [0.25, 0.3) is 11.6 Å². The van der Waals surface area contributed by atoms with Crippen molar-refractivity contribution in [2.75, 3.05) is 5.32 Å². The van der Waals surface area contributed by atoms with Crippen LogP contribution in [-0.2, 0) is 0 Å². The molecule has 2 aromatic carbocycles. The highest BCUT2D eigenvalue weighted by Crippen LogP contribution is 2.24. The Hall–Kier alpha value is -4.28. The first kappa shape index (κ1) is 16.2. The third-order valence-corrected chi connectivity index (χ3v) is 3.87. The predicted octanol–water partition coefficient (Wildman–Crippen LogP) is 1.60. The van der Waals surface area contributed by atoms with Gasteiger partial charge in [-0.05, 0) is 30.3 Å². The molecule has 2 aromatic heterocycles. The molecule has 4 aromatic rings. The molecule has 0 aliphatic carbocycles. The number of imidazole rings is 1. The first-order chi connectivity index (χ1) is 13.0. The lowest BCUT2D eigenvalue weighted by molar-refractivity contribution is -0.384. The van der Waals surface area contributed by atoms with Gasteiger partial charge in [0.1, 0.15) is 18.3 Å². The van der Waals surface area contributed by atoms with E-state index in [0.717, 1.165) is 0 Å². The summed E-state index contributed by atoms with van der Waals surface area (Å²) in [5.41, 5.74) is 1.24. The van der Waals surface area contributed by atoms with Crippen LogP contribution in [-0.4, -0.2) is 35.6 Å². The second-order valence-corrected chi connectivity index (χ2v) is 5.59. The van der Waals surface area contributed by atoms with E-state index in [2.05, 4.69) is 25.4 Å². The van der Waals surface area contributed by atoms with E-state index < -0.39 is 10.8 Å². The molecule has 27 heavy (non-hydrogen) atoms. The SMILES string of the molecule is O=C(Nc1ccc2[nH]c(=O)[nH]c2c1)c1ccc(-n2cncn2)c([N+](=O)[O-])c1. The normalized spacial score (nSPS) is 10.8. The third kappa shape index (κ3) is 3.04. The van der Waals surface area contributed by atoms with Gasteiger partial charge in [0.2, 0.25) is 0 Å². The van der Waals surface area contributed by atoms with E-state index in [0.29, 0.717) is 16.7 Å². The average molecular weight is 365 g/mol. The first-order valence-electron chi connectivity index (χ1n) is 7.68. The van der Waals surface area contributed by atoms with Crippen molar-refractivity contribution in [2.45, 2.75) is 0 Å². The molecule has 0 aliphatic rings. The monoisotopic (exact) mass is 365 g/mol. The van der Waals surface area contributed by atoms with E-state index in [-0.39, 0.29) is 22.6 Å². The van der Waals surface area contributed by atoms with Crippen LogP contribution in [0.4, 0.5) is 11.4 Å². The molecule has 0 saturated carbocycles. The lowest BCUT2D eigenvalue weighted by Gasteiger charge is -2.07. The van der Waals surface area contributed by atoms with Crippen LogP contribution in [0.2, 0.25) is 0 Å². The lowest BCUT2D eigenvalue weighted by atomic mass is 10.1. The fourth-order valence-electron chi connectivity index (χ4n) is 2.65. The zero-order chi connectivity index (χ0) is 19.0. The van der Waals surface area contributed by atoms with Gasteiger partial charge in [0.05, 0.1) is 16.0 Å². The highest BCUT2D eigenvalue weighted by Gasteiger charge is 2.19. The second-order valence-electron chi connectivity index (χ2n) is 5.59. The van der Waals surface area contributed by atoms with Crippen LogP contribution in [0.5, 0.6) is 0 Å². The molecule has 0 unspecified atom stereocenters. The number of carbonyl (C=O) groups excluding carboxylic acids is 1. The van der Waals surface area contributed by atoms with Gasteiger partial charge in [0.15, 0.2) is 0 Å². The van der Waals surface area contributed by atoms with Crippen molar-refractivity contribution in [1.82, 2.24) is 24.7 Å². The van der Waals surface area contributed by atoms with Gasteiger partial charge in [-0.3, -0.25) is 14.9 Å². The van der Waals surface area contributed by atoms with Crippen molar-refractivity contribution >= 4 is 28.3 Å². The number of benzene rings is 2. The first-order valence-corrected chi connectivity index (χ1v) is 7.68. The van der Waals surface area contributed by atoms with E-state index >= 15 is 0 Å². The number of anilines is 1. The zero-order valence-corrected chi connectivity index (χ0v) is 13.5. The smallest absolute Gasteiger partial charge is 0.322 e. The summed E-state index contributed by atoms with van der Waals surface area (Å²) in [5.74, 6) is -0.527. The number of aromatic nitrogens is 5. The number of carbonyl (C=O) groups is 1. The molecule has 0 aliphatic heterocycles. The van der Waals surface area contributed by atoms with Crippen LogP contribution in [0.25, 0.3) is 16.7 Å². The van der Waals surface area contributed by atoms with Gasteiger partial charge in [-0.1, -0.05) is 0 Å². The molecule has 4 rings (SSSR count). The molecular formula is C16H11N7O4. The van der Waals surface area contributed by atoms with E-state index in [9.17, 15) is 19.7 Å². The summed E-state index contributed by atoms with van der Waals surface area (Å²) >= 11 is 0. The fourth-order valence-corrected chi connectivity index (χ4v) is 2.65. The van der Waals surface area contributed by atoms with E-state index in [4.69, 9.17) is 0 Å². The minimum Gasteiger partial charge on any atom is -0.322 e. The average Bonchev–Trinajstić information content (AvgIpc) is 3.29. The molecular weight excluding hydrogens is 354 g/mol. The van der Waals surface area contributed by atoms with Crippen molar-refractivity contribution in [1.29, 1.82) is 0 Å². The minimum absolute atomic E-state index is 0.105.